The van der Waals surface area contributed by atoms with Crippen molar-refractivity contribution in [3.63, 3.8) is 0 Å². The van der Waals surface area contributed by atoms with E-state index < -0.39 is 11.1 Å². The maximum Gasteiger partial charge on any atom is 0.213 e. The Hall–Kier alpha value is -2.26. The van der Waals surface area contributed by atoms with E-state index in [9.17, 15) is 9.90 Å². The summed E-state index contributed by atoms with van der Waals surface area (Å²) >= 11 is 0. The molecule has 104 valence electrons. The number of hydrogen-bond donors (Lipinski definition) is 0. The van der Waals surface area contributed by atoms with Crippen LogP contribution in [0.25, 0.3) is 0 Å². The van der Waals surface area contributed by atoms with Gasteiger partial charge in [0, 0.05) is 11.1 Å². The van der Waals surface area contributed by atoms with Crippen LogP contribution in [-0.2, 0) is 15.9 Å². The van der Waals surface area contributed by atoms with Crippen molar-refractivity contribution in [1.82, 2.24) is 0 Å². The third-order valence-corrected chi connectivity index (χ3v) is 4.92. The number of fused-ring (bicyclic) bond motifs is 5. The Morgan fingerprint density at radius 3 is 2.19 bits per heavy atom. The lowest BCUT2D eigenvalue weighted by molar-refractivity contribution is -0.756. The second kappa shape index (κ2) is 3.68. The highest BCUT2D eigenvalue weighted by molar-refractivity contribution is 6.26. The smallest absolute Gasteiger partial charge is 0.213 e. The van der Waals surface area contributed by atoms with Gasteiger partial charge in [-0.3, -0.25) is 4.79 Å². The van der Waals surface area contributed by atoms with Crippen LogP contribution in [0, 0.1) is 0 Å². The Kier molecular flexibility index (Phi) is 2.19. The van der Waals surface area contributed by atoms with Gasteiger partial charge in [-0.25, -0.2) is 4.58 Å². The third-order valence-electron chi connectivity index (χ3n) is 4.92. The molecule has 3 nitrogen and oxygen atoms in total. The maximum absolute atomic E-state index is 13.3. The van der Waals surface area contributed by atoms with E-state index in [1.807, 2.05) is 55.5 Å². The number of benzene rings is 2. The predicted octanol–water partition coefficient (Wildman–Crippen LogP) is 1.19. The van der Waals surface area contributed by atoms with Crippen LogP contribution in [0.3, 0.4) is 0 Å². The first-order chi connectivity index (χ1) is 10.0. The van der Waals surface area contributed by atoms with Crippen molar-refractivity contribution >= 4 is 11.5 Å². The van der Waals surface area contributed by atoms with E-state index in [1.54, 1.807) is 17.7 Å². The summed E-state index contributed by atoms with van der Waals surface area (Å²) in [7, 11) is 1.73. The zero-order valence-electron chi connectivity index (χ0n) is 12.0. The zero-order chi connectivity index (χ0) is 14.8. The summed E-state index contributed by atoms with van der Waals surface area (Å²) in [5, 5.41) is 13.3. The highest BCUT2D eigenvalue weighted by Crippen LogP contribution is 2.50. The van der Waals surface area contributed by atoms with E-state index in [2.05, 4.69) is 0 Å². The largest absolute Gasteiger partial charge is 0.785 e. The number of Topliss-reactive ketones (excluding diaryl/α,β-unsaturated/α-hetero) is 1. The fourth-order valence-electron chi connectivity index (χ4n) is 3.94. The van der Waals surface area contributed by atoms with Gasteiger partial charge in [-0.15, -0.1) is 0 Å². The average Bonchev–Trinajstić information content (AvgIpc) is 2.79. The first-order valence-electron chi connectivity index (χ1n) is 7.04. The van der Waals surface area contributed by atoms with Crippen LogP contribution in [0.1, 0.15) is 23.6 Å². The summed E-state index contributed by atoms with van der Waals surface area (Å²) < 4.78 is 1.62. The first kappa shape index (κ1) is 12.5. The molecule has 4 rings (SSSR count). The summed E-state index contributed by atoms with van der Waals surface area (Å²) in [6, 6.07) is 17.1. The second-order valence-corrected chi connectivity index (χ2v) is 5.92. The monoisotopic (exact) mass is 277 g/mol. The lowest BCUT2D eigenvalue weighted by atomic mass is 9.76. The topological polar surface area (TPSA) is 43.1 Å². The van der Waals surface area contributed by atoms with E-state index in [4.69, 9.17) is 0 Å². The third kappa shape index (κ3) is 1.19. The minimum absolute atomic E-state index is 0.266. The van der Waals surface area contributed by atoms with Gasteiger partial charge in [-0.05, 0) is 24.6 Å². The molecule has 2 aromatic carbocycles. The van der Waals surface area contributed by atoms with Gasteiger partial charge < -0.3 is 5.11 Å². The predicted molar refractivity (Wildman–Crippen MR) is 77.2 cm³/mol. The van der Waals surface area contributed by atoms with E-state index in [1.165, 1.54) is 0 Å². The molecule has 2 bridgehead atoms. The summed E-state index contributed by atoms with van der Waals surface area (Å²) in [4.78, 5) is 12.9. The standard InChI is InChI=1S/C18H15NO2/c1-17-13-10-6-7-11-14(13)18(21,16(17)20)19(2)15(17)12-8-4-3-5-9-12/h3-11H,1-2H3/t17-,18+/m1/s1. The number of carbonyl (C=O) groups is 1. The van der Waals surface area contributed by atoms with Crippen LogP contribution in [-0.4, -0.2) is 23.1 Å². The van der Waals surface area contributed by atoms with Crippen LogP contribution in [0.5, 0.6) is 0 Å². The summed E-state index contributed by atoms with van der Waals surface area (Å²) in [6.07, 6.45) is 0. The zero-order valence-corrected chi connectivity index (χ0v) is 12.0. The molecule has 2 atom stereocenters. The highest BCUT2D eigenvalue weighted by atomic mass is 16.3. The number of carbonyl (C=O) groups excluding carboxylic acids is 1. The molecule has 2 aromatic rings. The molecule has 1 heterocycles. The van der Waals surface area contributed by atoms with Crippen molar-refractivity contribution < 1.29 is 14.5 Å². The van der Waals surface area contributed by atoms with Crippen molar-refractivity contribution in [2.45, 2.75) is 18.1 Å². The first-order valence-corrected chi connectivity index (χ1v) is 7.04. The lowest BCUT2D eigenvalue weighted by Gasteiger charge is -2.30. The molecule has 2 aliphatic rings. The van der Waals surface area contributed by atoms with Gasteiger partial charge in [0.05, 0.1) is 0 Å². The van der Waals surface area contributed by atoms with E-state index in [0.29, 0.717) is 5.56 Å². The number of hydrogen-bond acceptors (Lipinski definition) is 2. The highest BCUT2D eigenvalue weighted by Gasteiger charge is 2.68. The van der Waals surface area contributed by atoms with Crippen molar-refractivity contribution in [1.29, 1.82) is 0 Å². The van der Waals surface area contributed by atoms with Gasteiger partial charge >= 0.3 is 0 Å². The van der Waals surface area contributed by atoms with Gasteiger partial charge in [0.1, 0.15) is 12.5 Å². The van der Waals surface area contributed by atoms with Crippen LogP contribution in [0.15, 0.2) is 54.6 Å². The fourth-order valence-corrected chi connectivity index (χ4v) is 3.94. The van der Waals surface area contributed by atoms with E-state index >= 15 is 0 Å². The molecule has 0 N–H and O–H groups in total. The molecular weight excluding hydrogens is 262 g/mol. The molecular formula is C18H15NO2. The van der Waals surface area contributed by atoms with Gasteiger partial charge in [0.25, 0.3) is 0 Å². The van der Waals surface area contributed by atoms with E-state index in [0.717, 1.165) is 16.8 Å². The van der Waals surface area contributed by atoms with Gasteiger partial charge in [0.15, 0.2) is 5.72 Å². The Labute approximate surface area is 123 Å². The normalized spacial score (nSPS) is 30.0. The van der Waals surface area contributed by atoms with Gasteiger partial charge in [0.2, 0.25) is 11.5 Å². The molecule has 1 aliphatic heterocycles. The van der Waals surface area contributed by atoms with Crippen molar-refractivity contribution in [2.75, 3.05) is 7.05 Å². The van der Waals surface area contributed by atoms with Crippen LogP contribution < -0.4 is 5.11 Å². The molecule has 0 radical (unpaired) electrons. The summed E-state index contributed by atoms with van der Waals surface area (Å²) in [6.45, 7) is 1.87. The van der Waals surface area contributed by atoms with E-state index in [-0.39, 0.29) is 5.78 Å². The minimum atomic E-state index is -1.80. The average molecular weight is 277 g/mol. The number of ketones is 1. The van der Waals surface area contributed by atoms with Crippen molar-refractivity contribution in [2.24, 2.45) is 0 Å². The van der Waals surface area contributed by atoms with Gasteiger partial charge in [-0.2, -0.15) is 0 Å². The summed E-state index contributed by atoms with van der Waals surface area (Å²) in [5.41, 5.74) is 0.539. The molecule has 0 spiro atoms. The Bertz CT molecular complexity index is 809. The number of rotatable bonds is 1. The molecule has 3 heteroatoms. The van der Waals surface area contributed by atoms with Gasteiger partial charge in [-0.1, -0.05) is 42.5 Å². The molecule has 0 fully saturated rings. The SMILES string of the molecule is C[N+]1=C(c2ccccc2)[C@]2(C)C(=O)[C@@]1([O-])c1ccccc12. The molecule has 0 saturated heterocycles. The van der Waals surface area contributed by atoms with Crippen molar-refractivity contribution in [3.05, 3.63) is 71.3 Å². The minimum Gasteiger partial charge on any atom is -0.785 e. The molecule has 0 amide bonds. The fraction of sp³-hybridized carbons (Fsp3) is 0.222. The molecule has 0 saturated carbocycles. The number of nitrogens with zero attached hydrogens (tertiary/aromatic N) is 1. The summed E-state index contributed by atoms with van der Waals surface area (Å²) in [5.74, 6) is -0.266. The van der Waals surface area contributed by atoms with Crippen LogP contribution in [0.4, 0.5) is 0 Å². The molecule has 0 aromatic heterocycles. The number of likely N-dealkylation sites (N-methyl/N-ethyl adjacent to an activating group) is 1. The Balaban J connectivity index is 2.09. The quantitative estimate of drug-likeness (QED) is 0.735. The van der Waals surface area contributed by atoms with Crippen LogP contribution >= 0.6 is 0 Å². The van der Waals surface area contributed by atoms with Crippen LogP contribution in [0.2, 0.25) is 0 Å². The maximum atomic E-state index is 13.3. The molecule has 21 heavy (non-hydrogen) atoms. The molecule has 0 unspecified atom stereocenters. The molecule has 1 aliphatic carbocycles. The second-order valence-electron chi connectivity index (χ2n) is 5.92. The van der Waals surface area contributed by atoms with Crippen molar-refractivity contribution in [3.8, 4) is 0 Å². The Morgan fingerprint density at radius 2 is 1.52 bits per heavy atom. The lowest BCUT2D eigenvalue weighted by Crippen LogP contribution is -2.51. The Morgan fingerprint density at radius 1 is 0.952 bits per heavy atom.